The van der Waals surface area contributed by atoms with E-state index in [1.165, 1.54) is 6.33 Å². The van der Waals surface area contributed by atoms with E-state index < -0.39 is 0 Å². The summed E-state index contributed by atoms with van der Waals surface area (Å²) in [6.07, 6.45) is 4.77. The van der Waals surface area contributed by atoms with E-state index in [0.29, 0.717) is 34.7 Å². The van der Waals surface area contributed by atoms with Crippen molar-refractivity contribution >= 4 is 17.0 Å². The van der Waals surface area contributed by atoms with Crippen molar-refractivity contribution in [1.29, 1.82) is 0 Å². The Morgan fingerprint density at radius 3 is 2.79 bits per heavy atom. The molecule has 0 radical (unpaired) electrons. The molecule has 0 saturated carbocycles. The maximum atomic E-state index is 5.40. The Balaban J connectivity index is 1.60. The van der Waals surface area contributed by atoms with Crippen molar-refractivity contribution in [1.82, 2.24) is 30.1 Å². The van der Waals surface area contributed by atoms with E-state index in [0.717, 1.165) is 5.56 Å². The van der Waals surface area contributed by atoms with Gasteiger partial charge in [-0.3, -0.25) is 4.98 Å². The highest BCUT2D eigenvalue weighted by Gasteiger charge is 2.18. The van der Waals surface area contributed by atoms with Gasteiger partial charge in [0.1, 0.15) is 12.4 Å². The Morgan fingerprint density at radius 2 is 1.96 bits per heavy atom. The third-order valence-electron chi connectivity index (χ3n) is 3.41. The monoisotopic (exact) mass is 323 g/mol. The molecular formula is C15H13N7O2. The predicted molar refractivity (Wildman–Crippen MR) is 83.9 cm³/mol. The summed E-state index contributed by atoms with van der Waals surface area (Å²) in [5.74, 6) is 2.02. The van der Waals surface area contributed by atoms with Crippen LogP contribution in [0.3, 0.4) is 0 Å². The molecule has 1 atom stereocenters. The average Bonchev–Trinajstić information content (AvgIpc) is 3.22. The zero-order valence-electron chi connectivity index (χ0n) is 13.0. The number of oxazole rings is 1. The van der Waals surface area contributed by atoms with Crippen LogP contribution < -0.4 is 5.32 Å². The number of nitrogens with zero attached hydrogens (tertiary/aromatic N) is 6. The van der Waals surface area contributed by atoms with Gasteiger partial charge in [-0.1, -0.05) is 5.16 Å². The molecule has 9 nitrogen and oxygen atoms in total. The summed E-state index contributed by atoms with van der Waals surface area (Å²) in [7, 11) is 0. The summed E-state index contributed by atoms with van der Waals surface area (Å²) in [5.41, 5.74) is 1.83. The highest BCUT2D eigenvalue weighted by atomic mass is 16.5. The lowest BCUT2D eigenvalue weighted by atomic mass is 10.2. The number of rotatable bonds is 4. The number of fused-ring (bicyclic) bond motifs is 1. The van der Waals surface area contributed by atoms with Gasteiger partial charge in [-0.05, 0) is 19.1 Å². The third-order valence-corrected chi connectivity index (χ3v) is 3.41. The summed E-state index contributed by atoms with van der Waals surface area (Å²) in [6, 6.07) is 3.38. The van der Waals surface area contributed by atoms with Crippen LogP contribution in [0.25, 0.3) is 22.6 Å². The lowest BCUT2D eigenvalue weighted by molar-refractivity contribution is 0.368. The van der Waals surface area contributed by atoms with Gasteiger partial charge in [0.05, 0.1) is 0 Å². The van der Waals surface area contributed by atoms with Crippen LogP contribution >= 0.6 is 0 Å². The molecule has 0 aliphatic carbocycles. The number of anilines is 1. The van der Waals surface area contributed by atoms with E-state index in [1.807, 2.05) is 19.1 Å². The van der Waals surface area contributed by atoms with Crippen LogP contribution in [0.5, 0.6) is 0 Å². The van der Waals surface area contributed by atoms with Gasteiger partial charge >= 0.3 is 0 Å². The molecule has 0 amide bonds. The molecule has 9 heteroatoms. The van der Waals surface area contributed by atoms with Crippen LogP contribution in [-0.4, -0.2) is 30.1 Å². The number of hydrogen-bond donors (Lipinski definition) is 1. The van der Waals surface area contributed by atoms with Crippen LogP contribution in [0.2, 0.25) is 0 Å². The second-order valence-electron chi connectivity index (χ2n) is 5.17. The van der Waals surface area contributed by atoms with Gasteiger partial charge in [-0.25, -0.2) is 9.97 Å². The molecule has 0 aliphatic heterocycles. The van der Waals surface area contributed by atoms with Crippen LogP contribution in [-0.2, 0) is 0 Å². The molecular weight excluding hydrogens is 310 g/mol. The fourth-order valence-corrected chi connectivity index (χ4v) is 2.26. The number of hydrogen-bond acceptors (Lipinski definition) is 9. The first-order valence-corrected chi connectivity index (χ1v) is 7.29. The molecule has 0 fully saturated rings. The maximum absolute atomic E-state index is 5.40. The molecule has 0 aromatic carbocycles. The minimum absolute atomic E-state index is 0.261. The standard InChI is InChI=1S/C15H13N7O2/c1-8(14-21-12(22-24-14)10-3-5-16-6-4-10)19-13-11-15(18-7-17-13)23-9(2)20-11/h3-8H,1-2H3,(H,17,18,19)/t8-/m1/s1. The van der Waals surface area contributed by atoms with Crippen LogP contribution in [0.1, 0.15) is 24.7 Å². The SMILES string of the molecule is Cc1nc2c(N[C@H](C)c3nc(-c4ccncc4)no3)ncnc2o1. The number of pyridine rings is 1. The third kappa shape index (κ3) is 2.56. The van der Waals surface area contributed by atoms with E-state index in [2.05, 4.69) is 35.4 Å². The first-order valence-electron chi connectivity index (χ1n) is 7.29. The van der Waals surface area contributed by atoms with Gasteiger partial charge in [0.15, 0.2) is 17.2 Å². The quantitative estimate of drug-likeness (QED) is 0.604. The van der Waals surface area contributed by atoms with Crippen LogP contribution in [0, 0.1) is 6.92 Å². The van der Waals surface area contributed by atoms with Crippen molar-refractivity contribution in [3.05, 3.63) is 42.6 Å². The molecule has 1 N–H and O–H groups in total. The Kier molecular flexibility index (Phi) is 3.38. The first-order chi connectivity index (χ1) is 11.7. The second kappa shape index (κ2) is 5.69. The zero-order valence-corrected chi connectivity index (χ0v) is 13.0. The van der Waals surface area contributed by atoms with Crippen LogP contribution in [0.15, 0.2) is 39.8 Å². The maximum Gasteiger partial charge on any atom is 0.252 e. The molecule has 0 aliphatic rings. The summed E-state index contributed by atoms with van der Waals surface area (Å²) in [6.45, 7) is 3.65. The largest absolute Gasteiger partial charge is 0.422 e. The molecule has 0 bridgehead atoms. The minimum atomic E-state index is -0.261. The van der Waals surface area contributed by atoms with E-state index in [1.54, 1.807) is 19.3 Å². The predicted octanol–water partition coefficient (Wildman–Crippen LogP) is 2.54. The van der Waals surface area contributed by atoms with Crippen molar-refractivity contribution < 1.29 is 8.94 Å². The molecule has 4 aromatic heterocycles. The van der Waals surface area contributed by atoms with Gasteiger partial charge in [-0.15, -0.1) is 0 Å². The number of nitrogens with one attached hydrogen (secondary N) is 1. The zero-order chi connectivity index (χ0) is 16.5. The van der Waals surface area contributed by atoms with Gasteiger partial charge in [-0.2, -0.15) is 9.97 Å². The van der Waals surface area contributed by atoms with E-state index in [9.17, 15) is 0 Å². The van der Waals surface area contributed by atoms with E-state index in [-0.39, 0.29) is 6.04 Å². The van der Waals surface area contributed by atoms with Gasteiger partial charge in [0.25, 0.3) is 5.71 Å². The highest BCUT2D eigenvalue weighted by molar-refractivity contribution is 5.81. The van der Waals surface area contributed by atoms with E-state index in [4.69, 9.17) is 8.94 Å². The number of aromatic nitrogens is 6. The second-order valence-corrected chi connectivity index (χ2v) is 5.17. The van der Waals surface area contributed by atoms with Crippen molar-refractivity contribution in [2.75, 3.05) is 5.32 Å². The molecule has 0 spiro atoms. The molecule has 0 unspecified atom stereocenters. The Labute approximate surface area is 136 Å². The fourth-order valence-electron chi connectivity index (χ4n) is 2.26. The van der Waals surface area contributed by atoms with Gasteiger partial charge in [0, 0.05) is 24.9 Å². The average molecular weight is 323 g/mol. The molecule has 4 rings (SSSR count). The lowest BCUT2D eigenvalue weighted by Crippen LogP contribution is -2.09. The Bertz CT molecular complexity index is 980. The Hall–Kier alpha value is -3.36. The summed E-state index contributed by atoms with van der Waals surface area (Å²) in [5, 5.41) is 7.19. The van der Waals surface area contributed by atoms with Crippen molar-refractivity contribution in [3.63, 3.8) is 0 Å². The molecule has 4 heterocycles. The normalized spacial score (nSPS) is 12.4. The van der Waals surface area contributed by atoms with Crippen molar-refractivity contribution in [2.45, 2.75) is 19.9 Å². The summed E-state index contributed by atoms with van der Waals surface area (Å²) >= 11 is 0. The summed E-state index contributed by atoms with van der Waals surface area (Å²) < 4.78 is 10.7. The van der Waals surface area contributed by atoms with Crippen LogP contribution in [0.4, 0.5) is 5.82 Å². The fraction of sp³-hybridized carbons (Fsp3) is 0.200. The number of aryl methyl sites for hydroxylation is 1. The molecule has 4 aromatic rings. The van der Waals surface area contributed by atoms with Gasteiger partial charge in [0.2, 0.25) is 11.7 Å². The topological polar surface area (TPSA) is 116 Å². The van der Waals surface area contributed by atoms with E-state index >= 15 is 0 Å². The molecule has 120 valence electrons. The van der Waals surface area contributed by atoms with Crippen molar-refractivity contribution in [3.8, 4) is 11.4 Å². The van der Waals surface area contributed by atoms with Gasteiger partial charge < -0.3 is 14.3 Å². The molecule has 24 heavy (non-hydrogen) atoms. The summed E-state index contributed by atoms with van der Waals surface area (Å²) in [4.78, 5) is 20.9. The molecule has 0 saturated heterocycles. The minimum Gasteiger partial charge on any atom is -0.422 e. The first kappa shape index (κ1) is 14.2. The Morgan fingerprint density at radius 1 is 1.12 bits per heavy atom. The smallest absolute Gasteiger partial charge is 0.252 e. The van der Waals surface area contributed by atoms with Crippen molar-refractivity contribution in [2.24, 2.45) is 0 Å². The highest BCUT2D eigenvalue weighted by Crippen LogP contribution is 2.24. The lowest BCUT2D eigenvalue weighted by Gasteiger charge is -2.09.